The van der Waals surface area contributed by atoms with Gasteiger partial charge in [0.1, 0.15) is 0 Å². The Bertz CT molecular complexity index is 635. The number of fused-ring (bicyclic) bond motifs is 1. The van der Waals surface area contributed by atoms with Crippen molar-refractivity contribution in [2.24, 2.45) is 7.05 Å². The second-order valence-electron chi connectivity index (χ2n) is 6.18. The number of nitrogens with zero attached hydrogens (tertiary/aromatic N) is 2. The molecule has 1 aromatic heterocycles. The van der Waals surface area contributed by atoms with E-state index < -0.39 is 0 Å². The van der Waals surface area contributed by atoms with Gasteiger partial charge in [-0.1, -0.05) is 23.8 Å². The molecule has 0 radical (unpaired) electrons. The maximum Gasteiger partial charge on any atom is 0.0481 e. The summed E-state index contributed by atoms with van der Waals surface area (Å²) in [5.74, 6) is 0. The first kappa shape index (κ1) is 14.4. The van der Waals surface area contributed by atoms with Crippen LogP contribution in [0.1, 0.15) is 24.9 Å². The predicted octanol–water partition coefficient (Wildman–Crippen LogP) is 3.09. The Morgan fingerprint density at radius 1 is 1.29 bits per heavy atom. The molecule has 1 N–H and O–H groups in total. The molecule has 0 bridgehead atoms. The molecular formula is C18H25N3. The molecule has 1 atom stereocenters. The van der Waals surface area contributed by atoms with Gasteiger partial charge in [0.2, 0.25) is 0 Å². The van der Waals surface area contributed by atoms with Crippen molar-refractivity contribution in [3.05, 3.63) is 48.2 Å². The standard InChI is InChI=1S/C18H25N3/c1-14(2)12-18(21-10-8-19-9-11-21)16-13-20(3)17-7-5-4-6-15(16)17/h4-7,13,18-19H,1,8-12H2,2-3H3/t18-/m0/s1. The SMILES string of the molecule is C=C(C)C[C@@H](c1cn(C)c2ccccc12)N1CCNCC1. The first-order chi connectivity index (χ1) is 10.2. The van der Waals surface area contributed by atoms with Crippen LogP contribution in [-0.4, -0.2) is 35.6 Å². The van der Waals surface area contributed by atoms with E-state index in [1.165, 1.54) is 22.0 Å². The van der Waals surface area contributed by atoms with Crippen LogP contribution in [-0.2, 0) is 7.05 Å². The second-order valence-corrected chi connectivity index (χ2v) is 6.18. The van der Waals surface area contributed by atoms with E-state index in [0.29, 0.717) is 6.04 Å². The maximum absolute atomic E-state index is 4.15. The van der Waals surface area contributed by atoms with Gasteiger partial charge in [0.25, 0.3) is 0 Å². The number of para-hydroxylation sites is 1. The minimum Gasteiger partial charge on any atom is -0.350 e. The molecule has 112 valence electrons. The lowest BCUT2D eigenvalue weighted by Crippen LogP contribution is -2.45. The molecule has 0 spiro atoms. The molecule has 2 aromatic rings. The van der Waals surface area contributed by atoms with Gasteiger partial charge < -0.3 is 9.88 Å². The van der Waals surface area contributed by atoms with Crippen LogP contribution in [0.25, 0.3) is 10.9 Å². The zero-order chi connectivity index (χ0) is 14.8. The van der Waals surface area contributed by atoms with Crippen LogP contribution >= 0.6 is 0 Å². The molecule has 1 aliphatic heterocycles. The zero-order valence-electron chi connectivity index (χ0n) is 13.1. The van der Waals surface area contributed by atoms with Crippen molar-refractivity contribution >= 4 is 10.9 Å². The van der Waals surface area contributed by atoms with Crippen LogP contribution in [0.4, 0.5) is 0 Å². The summed E-state index contributed by atoms with van der Waals surface area (Å²) in [5, 5.41) is 4.83. The third-order valence-electron chi connectivity index (χ3n) is 4.42. The van der Waals surface area contributed by atoms with E-state index in [1.807, 2.05) is 0 Å². The Kier molecular flexibility index (Phi) is 4.13. The minimum atomic E-state index is 0.440. The molecule has 1 fully saturated rings. The number of benzene rings is 1. The van der Waals surface area contributed by atoms with Crippen LogP contribution in [0.15, 0.2) is 42.6 Å². The smallest absolute Gasteiger partial charge is 0.0481 e. The van der Waals surface area contributed by atoms with Crippen LogP contribution in [0.5, 0.6) is 0 Å². The highest BCUT2D eigenvalue weighted by molar-refractivity contribution is 5.84. The van der Waals surface area contributed by atoms with Crippen LogP contribution in [0.2, 0.25) is 0 Å². The normalized spacial score (nSPS) is 18.0. The summed E-state index contributed by atoms with van der Waals surface area (Å²) in [7, 11) is 2.14. The number of nitrogens with one attached hydrogen (secondary N) is 1. The molecule has 2 heterocycles. The predicted molar refractivity (Wildman–Crippen MR) is 89.5 cm³/mol. The van der Waals surface area contributed by atoms with Crippen molar-refractivity contribution in [1.29, 1.82) is 0 Å². The van der Waals surface area contributed by atoms with Gasteiger partial charge in [0, 0.05) is 56.4 Å². The largest absolute Gasteiger partial charge is 0.350 e. The molecule has 0 saturated carbocycles. The average molecular weight is 283 g/mol. The molecule has 3 rings (SSSR count). The second kappa shape index (κ2) is 6.04. The van der Waals surface area contributed by atoms with Crippen molar-refractivity contribution < 1.29 is 0 Å². The lowest BCUT2D eigenvalue weighted by molar-refractivity contribution is 0.173. The molecule has 0 amide bonds. The first-order valence-corrected chi connectivity index (χ1v) is 7.80. The fourth-order valence-electron chi connectivity index (χ4n) is 3.40. The Labute approximate surface area is 127 Å². The van der Waals surface area contributed by atoms with Gasteiger partial charge >= 0.3 is 0 Å². The van der Waals surface area contributed by atoms with E-state index in [9.17, 15) is 0 Å². The van der Waals surface area contributed by atoms with E-state index in [4.69, 9.17) is 0 Å². The van der Waals surface area contributed by atoms with Gasteiger partial charge in [-0.2, -0.15) is 0 Å². The summed E-state index contributed by atoms with van der Waals surface area (Å²) in [4.78, 5) is 2.60. The maximum atomic E-state index is 4.15. The van der Waals surface area contributed by atoms with Gasteiger partial charge in [0.15, 0.2) is 0 Å². The van der Waals surface area contributed by atoms with Gasteiger partial charge in [-0.25, -0.2) is 0 Å². The third kappa shape index (κ3) is 2.89. The lowest BCUT2D eigenvalue weighted by Gasteiger charge is -2.35. The number of rotatable bonds is 4. The van der Waals surface area contributed by atoms with E-state index in [0.717, 1.165) is 32.6 Å². The summed E-state index contributed by atoms with van der Waals surface area (Å²) in [6, 6.07) is 9.15. The molecule has 1 aliphatic rings. The third-order valence-corrected chi connectivity index (χ3v) is 4.42. The van der Waals surface area contributed by atoms with E-state index in [1.54, 1.807) is 0 Å². The Morgan fingerprint density at radius 2 is 2.00 bits per heavy atom. The highest BCUT2D eigenvalue weighted by Gasteiger charge is 2.24. The van der Waals surface area contributed by atoms with Crippen LogP contribution in [0.3, 0.4) is 0 Å². The van der Waals surface area contributed by atoms with E-state index >= 15 is 0 Å². The van der Waals surface area contributed by atoms with Crippen molar-refractivity contribution in [3.8, 4) is 0 Å². The lowest BCUT2D eigenvalue weighted by atomic mass is 9.97. The molecule has 3 nitrogen and oxygen atoms in total. The number of aromatic nitrogens is 1. The Balaban J connectivity index is 2.03. The van der Waals surface area contributed by atoms with Gasteiger partial charge in [0.05, 0.1) is 0 Å². The molecule has 1 saturated heterocycles. The van der Waals surface area contributed by atoms with Gasteiger partial charge in [-0.3, -0.25) is 4.90 Å². The Morgan fingerprint density at radius 3 is 2.71 bits per heavy atom. The molecule has 21 heavy (non-hydrogen) atoms. The zero-order valence-corrected chi connectivity index (χ0v) is 13.1. The quantitative estimate of drug-likeness (QED) is 0.870. The van der Waals surface area contributed by atoms with E-state index in [-0.39, 0.29) is 0 Å². The highest BCUT2D eigenvalue weighted by atomic mass is 15.2. The fourth-order valence-corrected chi connectivity index (χ4v) is 3.40. The number of piperazine rings is 1. The molecular weight excluding hydrogens is 258 g/mol. The van der Waals surface area contributed by atoms with Crippen molar-refractivity contribution in [2.75, 3.05) is 26.2 Å². The number of hydrogen-bond donors (Lipinski definition) is 1. The van der Waals surface area contributed by atoms with Gasteiger partial charge in [-0.15, -0.1) is 6.58 Å². The monoisotopic (exact) mass is 283 g/mol. The topological polar surface area (TPSA) is 20.2 Å². The Hall–Kier alpha value is -1.58. The van der Waals surface area contributed by atoms with Crippen LogP contribution < -0.4 is 5.32 Å². The summed E-state index contributed by atoms with van der Waals surface area (Å²) in [6.07, 6.45) is 3.34. The summed E-state index contributed by atoms with van der Waals surface area (Å²) < 4.78 is 2.25. The summed E-state index contributed by atoms with van der Waals surface area (Å²) >= 11 is 0. The van der Waals surface area contributed by atoms with Crippen LogP contribution in [0, 0.1) is 0 Å². The number of hydrogen-bond acceptors (Lipinski definition) is 2. The first-order valence-electron chi connectivity index (χ1n) is 7.80. The molecule has 1 aromatic carbocycles. The summed E-state index contributed by atoms with van der Waals surface area (Å²) in [5.41, 5.74) is 4.01. The molecule has 0 unspecified atom stereocenters. The van der Waals surface area contributed by atoms with Crippen molar-refractivity contribution in [2.45, 2.75) is 19.4 Å². The van der Waals surface area contributed by atoms with Gasteiger partial charge in [-0.05, 0) is 25.0 Å². The fraction of sp³-hybridized carbons (Fsp3) is 0.444. The minimum absolute atomic E-state index is 0.440. The van der Waals surface area contributed by atoms with Crippen molar-refractivity contribution in [1.82, 2.24) is 14.8 Å². The number of aryl methyl sites for hydroxylation is 1. The average Bonchev–Trinajstić information content (AvgIpc) is 2.83. The highest BCUT2D eigenvalue weighted by Crippen LogP contribution is 2.33. The molecule has 3 heteroatoms. The van der Waals surface area contributed by atoms with E-state index in [2.05, 4.69) is 65.8 Å². The molecule has 0 aliphatic carbocycles. The van der Waals surface area contributed by atoms with Crippen molar-refractivity contribution in [3.63, 3.8) is 0 Å². The summed E-state index contributed by atoms with van der Waals surface area (Å²) in [6.45, 7) is 10.7.